The molecule has 0 amide bonds. The lowest BCUT2D eigenvalue weighted by Gasteiger charge is -2.11. The first kappa shape index (κ1) is 18.7. The summed E-state index contributed by atoms with van der Waals surface area (Å²) in [6.45, 7) is 0.0311. The van der Waals surface area contributed by atoms with Crippen LogP contribution in [0.1, 0.15) is 11.1 Å². The minimum absolute atomic E-state index is 0.0311. The monoisotopic (exact) mass is 366 g/mol. The zero-order valence-corrected chi connectivity index (χ0v) is 14.6. The van der Waals surface area contributed by atoms with E-state index in [0.29, 0.717) is 17.1 Å². The Kier molecular flexibility index (Phi) is 5.94. The van der Waals surface area contributed by atoms with E-state index in [9.17, 15) is 18.5 Å². The lowest BCUT2D eigenvalue weighted by atomic mass is 10.2. The van der Waals surface area contributed by atoms with E-state index in [1.165, 1.54) is 32.4 Å². The van der Waals surface area contributed by atoms with Gasteiger partial charge in [-0.15, -0.1) is 0 Å². The normalized spacial score (nSPS) is 11.1. The van der Waals surface area contributed by atoms with Crippen LogP contribution in [0, 0.1) is 10.1 Å². The number of nitrogens with zero attached hydrogens (tertiary/aromatic N) is 1. The van der Waals surface area contributed by atoms with Crippen molar-refractivity contribution >= 4 is 15.7 Å². The number of ether oxygens (including phenoxy) is 2. The molecule has 0 atom stereocenters. The molecule has 134 valence electrons. The van der Waals surface area contributed by atoms with E-state index >= 15 is 0 Å². The fourth-order valence-electron chi connectivity index (χ4n) is 2.25. The molecule has 0 bridgehead atoms. The highest BCUT2D eigenvalue weighted by Gasteiger charge is 2.19. The van der Waals surface area contributed by atoms with E-state index in [1.807, 2.05) is 0 Å². The molecule has 25 heavy (non-hydrogen) atoms. The summed E-state index contributed by atoms with van der Waals surface area (Å²) < 4.78 is 37.2. The summed E-state index contributed by atoms with van der Waals surface area (Å²) in [4.78, 5) is 10.4. The molecule has 2 aromatic rings. The Morgan fingerprint density at radius 1 is 1.08 bits per heavy atom. The predicted molar refractivity (Wildman–Crippen MR) is 92.1 cm³/mol. The average Bonchev–Trinajstić information content (AvgIpc) is 2.59. The van der Waals surface area contributed by atoms with E-state index in [0.717, 1.165) is 0 Å². The largest absolute Gasteiger partial charge is 0.493 e. The van der Waals surface area contributed by atoms with Crippen LogP contribution in [0.4, 0.5) is 5.69 Å². The van der Waals surface area contributed by atoms with Crippen LogP contribution < -0.4 is 14.2 Å². The molecule has 0 saturated carbocycles. The van der Waals surface area contributed by atoms with E-state index in [2.05, 4.69) is 4.72 Å². The van der Waals surface area contributed by atoms with Crippen LogP contribution in [0.3, 0.4) is 0 Å². The van der Waals surface area contributed by atoms with Gasteiger partial charge in [0.2, 0.25) is 10.0 Å². The number of nitro benzene ring substituents is 1. The van der Waals surface area contributed by atoms with Crippen LogP contribution in [-0.2, 0) is 22.3 Å². The number of sulfonamides is 1. The molecule has 0 aliphatic carbocycles. The van der Waals surface area contributed by atoms with Gasteiger partial charge in [-0.25, -0.2) is 13.1 Å². The number of nitrogens with one attached hydrogen (secondary N) is 1. The number of hydrogen-bond donors (Lipinski definition) is 1. The Morgan fingerprint density at radius 2 is 1.76 bits per heavy atom. The number of benzene rings is 2. The summed E-state index contributed by atoms with van der Waals surface area (Å²) in [5, 5.41) is 11.0. The van der Waals surface area contributed by atoms with Crippen molar-refractivity contribution in [1.29, 1.82) is 0 Å². The van der Waals surface area contributed by atoms with Gasteiger partial charge in [-0.1, -0.05) is 24.3 Å². The number of hydrogen-bond acceptors (Lipinski definition) is 6. The molecule has 0 unspecified atom stereocenters. The minimum atomic E-state index is -3.75. The Labute approximate surface area is 145 Å². The first-order valence-electron chi connectivity index (χ1n) is 7.27. The predicted octanol–water partition coefficient (Wildman–Crippen LogP) is 2.23. The standard InChI is InChI=1S/C16H18N2O6S/c1-23-15-8-7-12(9-16(15)24-2)10-17-25(21,22)11-13-5-3-4-6-14(13)18(19)20/h3-9,17H,10-11H2,1-2H3. The molecule has 0 aliphatic heterocycles. The average molecular weight is 366 g/mol. The molecule has 0 fully saturated rings. The Morgan fingerprint density at radius 3 is 2.40 bits per heavy atom. The molecule has 8 nitrogen and oxygen atoms in total. The number of para-hydroxylation sites is 1. The molecule has 0 radical (unpaired) electrons. The van der Waals surface area contributed by atoms with Crippen molar-refractivity contribution in [2.45, 2.75) is 12.3 Å². The number of methoxy groups -OCH3 is 2. The summed E-state index contributed by atoms with van der Waals surface area (Å²) in [5.41, 5.74) is 0.579. The zero-order valence-electron chi connectivity index (χ0n) is 13.8. The van der Waals surface area contributed by atoms with E-state index < -0.39 is 20.7 Å². The fraction of sp³-hybridized carbons (Fsp3) is 0.250. The maximum Gasteiger partial charge on any atom is 0.273 e. The van der Waals surface area contributed by atoms with E-state index in [4.69, 9.17) is 9.47 Å². The smallest absolute Gasteiger partial charge is 0.273 e. The second kappa shape index (κ2) is 7.95. The summed E-state index contributed by atoms with van der Waals surface area (Å²) in [6.07, 6.45) is 0. The lowest BCUT2D eigenvalue weighted by molar-refractivity contribution is -0.385. The van der Waals surface area contributed by atoms with Crippen LogP contribution >= 0.6 is 0 Å². The maximum absolute atomic E-state index is 12.2. The van der Waals surface area contributed by atoms with Gasteiger partial charge in [-0.2, -0.15) is 0 Å². The number of nitro groups is 1. The molecule has 0 heterocycles. The van der Waals surface area contributed by atoms with Gasteiger partial charge in [0.15, 0.2) is 11.5 Å². The van der Waals surface area contributed by atoms with Crippen LogP contribution in [0.15, 0.2) is 42.5 Å². The van der Waals surface area contributed by atoms with Crippen LogP contribution in [0.5, 0.6) is 11.5 Å². The number of rotatable bonds is 8. The molecule has 1 N–H and O–H groups in total. The van der Waals surface area contributed by atoms with Gasteiger partial charge in [-0.05, 0) is 17.7 Å². The third-order valence-electron chi connectivity index (χ3n) is 3.48. The van der Waals surface area contributed by atoms with Crippen LogP contribution in [0.2, 0.25) is 0 Å². The van der Waals surface area contributed by atoms with Gasteiger partial charge in [0.05, 0.1) is 24.9 Å². The quantitative estimate of drug-likeness (QED) is 0.567. The van der Waals surface area contributed by atoms with E-state index in [1.54, 1.807) is 24.3 Å². The molecule has 2 aromatic carbocycles. The van der Waals surface area contributed by atoms with Crippen LogP contribution in [-0.4, -0.2) is 27.6 Å². The lowest BCUT2D eigenvalue weighted by Crippen LogP contribution is -2.25. The van der Waals surface area contributed by atoms with Gasteiger partial charge < -0.3 is 9.47 Å². The molecule has 2 rings (SSSR count). The Balaban J connectivity index is 2.11. The molecule has 0 spiro atoms. The van der Waals surface area contributed by atoms with Crippen molar-refractivity contribution in [3.8, 4) is 11.5 Å². The highest BCUT2D eigenvalue weighted by Crippen LogP contribution is 2.27. The third kappa shape index (κ3) is 4.91. The van der Waals surface area contributed by atoms with E-state index in [-0.39, 0.29) is 17.8 Å². The topological polar surface area (TPSA) is 108 Å². The first-order chi connectivity index (χ1) is 11.9. The van der Waals surface area contributed by atoms with Crippen molar-refractivity contribution in [3.63, 3.8) is 0 Å². The van der Waals surface area contributed by atoms with Gasteiger partial charge >= 0.3 is 0 Å². The summed E-state index contributed by atoms with van der Waals surface area (Å²) >= 11 is 0. The fourth-order valence-corrected chi connectivity index (χ4v) is 3.39. The highest BCUT2D eigenvalue weighted by atomic mass is 32.2. The highest BCUT2D eigenvalue weighted by molar-refractivity contribution is 7.88. The van der Waals surface area contributed by atoms with Crippen molar-refractivity contribution in [2.24, 2.45) is 0 Å². The molecule has 0 aromatic heterocycles. The first-order valence-corrected chi connectivity index (χ1v) is 8.92. The SMILES string of the molecule is COc1ccc(CNS(=O)(=O)Cc2ccccc2[N+](=O)[O-])cc1OC. The summed E-state index contributed by atoms with van der Waals surface area (Å²) in [6, 6.07) is 10.8. The van der Waals surface area contributed by atoms with Gasteiger partial charge in [0, 0.05) is 18.2 Å². The zero-order chi connectivity index (χ0) is 18.4. The molecule has 9 heteroatoms. The van der Waals surface area contributed by atoms with Crippen molar-refractivity contribution < 1.29 is 22.8 Å². The van der Waals surface area contributed by atoms with Gasteiger partial charge in [0.25, 0.3) is 5.69 Å². The Hall–Kier alpha value is -2.65. The minimum Gasteiger partial charge on any atom is -0.493 e. The second-order valence-corrected chi connectivity index (χ2v) is 6.96. The second-order valence-electron chi connectivity index (χ2n) is 5.16. The van der Waals surface area contributed by atoms with Gasteiger partial charge in [-0.3, -0.25) is 10.1 Å². The maximum atomic E-state index is 12.2. The third-order valence-corrected chi connectivity index (χ3v) is 4.75. The molecule has 0 saturated heterocycles. The molecular formula is C16H18N2O6S. The Bertz CT molecular complexity index is 867. The van der Waals surface area contributed by atoms with Crippen molar-refractivity contribution in [1.82, 2.24) is 4.72 Å². The van der Waals surface area contributed by atoms with Crippen molar-refractivity contribution in [2.75, 3.05) is 14.2 Å². The summed E-state index contributed by atoms with van der Waals surface area (Å²) in [5.74, 6) is 0.546. The van der Waals surface area contributed by atoms with Gasteiger partial charge in [0.1, 0.15) is 0 Å². The molecular weight excluding hydrogens is 348 g/mol. The molecule has 0 aliphatic rings. The summed E-state index contributed by atoms with van der Waals surface area (Å²) in [7, 11) is -0.757. The van der Waals surface area contributed by atoms with Crippen molar-refractivity contribution in [3.05, 3.63) is 63.7 Å². The van der Waals surface area contributed by atoms with Crippen LogP contribution in [0.25, 0.3) is 0 Å².